The van der Waals surface area contributed by atoms with E-state index >= 15 is 0 Å². The Morgan fingerprint density at radius 2 is 2.04 bits per heavy atom. The molecule has 0 aromatic heterocycles. The Labute approximate surface area is 181 Å². The van der Waals surface area contributed by atoms with Crippen LogP contribution in [-0.2, 0) is 6.54 Å². The van der Waals surface area contributed by atoms with Gasteiger partial charge in [-0.3, -0.25) is 4.99 Å². The first-order chi connectivity index (χ1) is 12.6. The molecule has 1 fully saturated rings. The summed E-state index contributed by atoms with van der Waals surface area (Å²) in [6, 6.07) is 8.56. The zero-order valence-corrected chi connectivity index (χ0v) is 19.2. The molecule has 1 aliphatic rings. The highest BCUT2D eigenvalue weighted by atomic mass is 127. The van der Waals surface area contributed by atoms with Crippen LogP contribution in [0.15, 0.2) is 41.9 Å². The maximum absolute atomic E-state index is 5.72. The summed E-state index contributed by atoms with van der Waals surface area (Å²) in [6.07, 6.45) is 4.08. The van der Waals surface area contributed by atoms with E-state index in [9.17, 15) is 0 Å². The number of hydrogen-bond acceptors (Lipinski definition) is 3. The normalized spacial score (nSPS) is 15.9. The number of para-hydroxylation sites is 1. The van der Waals surface area contributed by atoms with Crippen LogP contribution in [0.3, 0.4) is 0 Å². The first kappa shape index (κ1) is 23.8. The molecule has 0 amide bonds. The zero-order chi connectivity index (χ0) is 18.8. The summed E-state index contributed by atoms with van der Waals surface area (Å²) in [5.74, 6) is 2.47. The van der Waals surface area contributed by atoms with Gasteiger partial charge in [-0.05, 0) is 24.8 Å². The molecule has 1 aromatic carbocycles. The third kappa shape index (κ3) is 8.51. The molecule has 0 spiro atoms. The molecule has 1 aliphatic heterocycles. The van der Waals surface area contributed by atoms with Gasteiger partial charge in [0.25, 0.3) is 0 Å². The van der Waals surface area contributed by atoms with Crippen molar-refractivity contribution < 1.29 is 4.74 Å². The molecular formula is C21H35IN4O. The molecule has 0 aliphatic carbocycles. The third-order valence-corrected chi connectivity index (χ3v) is 4.55. The maximum atomic E-state index is 5.72. The second-order valence-electron chi connectivity index (χ2n) is 7.25. The SMILES string of the molecule is C=CCOc1ccccc1CNC(=NC)NC1CCN(CC(C)C)CC1.I. The smallest absolute Gasteiger partial charge is 0.191 e. The fourth-order valence-electron chi connectivity index (χ4n) is 3.28. The predicted octanol–water partition coefficient (Wildman–Crippen LogP) is 3.65. The Kier molecular flexibility index (Phi) is 11.4. The Hall–Kier alpha value is -1.28. The highest BCUT2D eigenvalue weighted by Gasteiger charge is 2.20. The second-order valence-corrected chi connectivity index (χ2v) is 7.25. The van der Waals surface area contributed by atoms with Gasteiger partial charge in [0.2, 0.25) is 0 Å². The van der Waals surface area contributed by atoms with Crippen LogP contribution in [0.25, 0.3) is 0 Å². The van der Waals surface area contributed by atoms with Gasteiger partial charge in [0.1, 0.15) is 12.4 Å². The minimum Gasteiger partial charge on any atom is -0.489 e. The van der Waals surface area contributed by atoms with E-state index in [1.807, 2.05) is 25.2 Å². The van der Waals surface area contributed by atoms with Crippen molar-refractivity contribution in [1.29, 1.82) is 0 Å². The largest absolute Gasteiger partial charge is 0.489 e. The van der Waals surface area contributed by atoms with E-state index in [1.165, 1.54) is 6.54 Å². The molecule has 0 atom stereocenters. The molecule has 1 saturated heterocycles. The quantitative estimate of drug-likeness (QED) is 0.255. The van der Waals surface area contributed by atoms with E-state index in [0.717, 1.165) is 49.1 Å². The lowest BCUT2D eigenvalue weighted by Crippen LogP contribution is -2.49. The Morgan fingerprint density at radius 3 is 2.67 bits per heavy atom. The van der Waals surface area contributed by atoms with E-state index < -0.39 is 0 Å². The molecule has 0 radical (unpaired) electrons. The lowest BCUT2D eigenvalue weighted by molar-refractivity contribution is 0.187. The number of ether oxygens (including phenoxy) is 1. The van der Waals surface area contributed by atoms with E-state index in [-0.39, 0.29) is 24.0 Å². The Bertz CT molecular complexity index is 583. The fourth-order valence-corrected chi connectivity index (χ4v) is 3.28. The third-order valence-electron chi connectivity index (χ3n) is 4.55. The number of benzene rings is 1. The van der Waals surface area contributed by atoms with Crippen molar-refractivity contribution in [2.75, 3.05) is 33.3 Å². The number of aliphatic imine (C=N–C) groups is 1. The number of hydrogen-bond donors (Lipinski definition) is 2. The summed E-state index contributed by atoms with van der Waals surface area (Å²) < 4.78 is 5.72. The summed E-state index contributed by atoms with van der Waals surface area (Å²) in [5, 5.41) is 6.98. The van der Waals surface area contributed by atoms with Gasteiger partial charge in [-0.2, -0.15) is 0 Å². The van der Waals surface area contributed by atoms with Gasteiger partial charge in [0.15, 0.2) is 5.96 Å². The van der Waals surface area contributed by atoms with Crippen LogP contribution in [0, 0.1) is 5.92 Å². The van der Waals surface area contributed by atoms with Crippen molar-refractivity contribution in [2.45, 2.75) is 39.3 Å². The second kappa shape index (κ2) is 13.0. The Balaban J connectivity index is 0.00000364. The summed E-state index contributed by atoms with van der Waals surface area (Å²) in [7, 11) is 1.82. The standard InChI is InChI=1S/C21H34N4O.HI/c1-5-14-26-20-9-7-6-8-18(20)15-23-21(22-4)24-19-10-12-25(13-11-19)16-17(2)3;/h5-9,17,19H,1,10-16H2,2-4H3,(H2,22,23,24);1H. The van der Waals surface area contributed by atoms with Gasteiger partial charge in [-0.25, -0.2) is 0 Å². The fraction of sp³-hybridized carbons (Fsp3) is 0.571. The first-order valence-corrected chi connectivity index (χ1v) is 9.63. The predicted molar refractivity (Wildman–Crippen MR) is 125 cm³/mol. The van der Waals surface area contributed by atoms with Crippen LogP contribution >= 0.6 is 24.0 Å². The van der Waals surface area contributed by atoms with Gasteiger partial charge in [0.05, 0.1) is 0 Å². The van der Waals surface area contributed by atoms with Gasteiger partial charge in [-0.15, -0.1) is 24.0 Å². The topological polar surface area (TPSA) is 48.9 Å². The van der Waals surface area contributed by atoms with Gasteiger partial charge >= 0.3 is 0 Å². The zero-order valence-electron chi connectivity index (χ0n) is 16.9. The van der Waals surface area contributed by atoms with Crippen LogP contribution in [-0.4, -0.2) is 50.2 Å². The lowest BCUT2D eigenvalue weighted by atomic mass is 10.0. The molecule has 2 rings (SSSR count). The molecule has 0 unspecified atom stereocenters. The summed E-state index contributed by atoms with van der Waals surface area (Å²) in [4.78, 5) is 6.94. The number of nitrogens with one attached hydrogen (secondary N) is 2. The summed E-state index contributed by atoms with van der Waals surface area (Å²) in [5.41, 5.74) is 1.11. The number of likely N-dealkylation sites (tertiary alicyclic amines) is 1. The molecule has 2 N–H and O–H groups in total. The summed E-state index contributed by atoms with van der Waals surface area (Å²) in [6.45, 7) is 13.0. The van der Waals surface area contributed by atoms with E-state index in [0.29, 0.717) is 19.2 Å². The van der Waals surface area contributed by atoms with Crippen LogP contribution in [0.5, 0.6) is 5.75 Å². The number of piperidine rings is 1. The van der Waals surface area contributed by atoms with Crippen LogP contribution < -0.4 is 15.4 Å². The number of rotatable bonds is 8. The minimum atomic E-state index is 0. The molecule has 0 bridgehead atoms. The molecule has 0 saturated carbocycles. The van der Waals surface area contributed by atoms with Gasteiger partial charge in [0, 0.05) is 44.8 Å². The first-order valence-electron chi connectivity index (χ1n) is 9.63. The van der Waals surface area contributed by atoms with Crippen molar-refractivity contribution in [2.24, 2.45) is 10.9 Å². The molecule has 1 aromatic rings. The van der Waals surface area contributed by atoms with Crippen molar-refractivity contribution in [3.05, 3.63) is 42.5 Å². The van der Waals surface area contributed by atoms with Gasteiger partial charge < -0.3 is 20.3 Å². The lowest BCUT2D eigenvalue weighted by Gasteiger charge is -2.34. The summed E-state index contributed by atoms with van der Waals surface area (Å²) >= 11 is 0. The highest BCUT2D eigenvalue weighted by molar-refractivity contribution is 14.0. The molecule has 27 heavy (non-hydrogen) atoms. The van der Waals surface area contributed by atoms with Crippen molar-refractivity contribution in [1.82, 2.24) is 15.5 Å². The van der Waals surface area contributed by atoms with Crippen LogP contribution in [0.1, 0.15) is 32.3 Å². The van der Waals surface area contributed by atoms with Crippen LogP contribution in [0.4, 0.5) is 0 Å². The molecule has 1 heterocycles. The number of guanidine groups is 1. The van der Waals surface area contributed by atoms with Crippen LogP contribution in [0.2, 0.25) is 0 Å². The average Bonchev–Trinajstić information content (AvgIpc) is 2.65. The van der Waals surface area contributed by atoms with Crippen molar-refractivity contribution >= 4 is 29.9 Å². The highest BCUT2D eigenvalue weighted by Crippen LogP contribution is 2.17. The van der Waals surface area contributed by atoms with E-state index in [2.05, 4.69) is 47.0 Å². The molecule has 6 heteroatoms. The molecular weight excluding hydrogens is 451 g/mol. The number of nitrogens with zero attached hydrogens (tertiary/aromatic N) is 2. The Morgan fingerprint density at radius 1 is 1.33 bits per heavy atom. The van der Waals surface area contributed by atoms with E-state index in [1.54, 1.807) is 6.08 Å². The number of halogens is 1. The van der Waals surface area contributed by atoms with Crippen molar-refractivity contribution in [3.63, 3.8) is 0 Å². The molecule has 152 valence electrons. The molecule has 5 nitrogen and oxygen atoms in total. The monoisotopic (exact) mass is 486 g/mol. The maximum Gasteiger partial charge on any atom is 0.191 e. The average molecular weight is 486 g/mol. The van der Waals surface area contributed by atoms with Crippen molar-refractivity contribution in [3.8, 4) is 5.75 Å². The van der Waals surface area contributed by atoms with E-state index in [4.69, 9.17) is 4.74 Å². The van der Waals surface area contributed by atoms with Gasteiger partial charge in [-0.1, -0.05) is 44.7 Å². The minimum absolute atomic E-state index is 0.